The molecule has 9 nitrogen and oxygen atoms in total. The van der Waals surface area contributed by atoms with E-state index in [0.717, 1.165) is 5.56 Å². The first-order valence-corrected chi connectivity index (χ1v) is 9.24. The van der Waals surface area contributed by atoms with Gasteiger partial charge in [-0.1, -0.05) is 6.07 Å². The highest BCUT2D eigenvalue weighted by Crippen LogP contribution is 2.20. The summed E-state index contributed by atoms with van der Waals surface area (Å²) in [6.45, 7) is 0.573. The van der Waals surface area contributed by atoms with E-state index in [9.17, 15) is 18.2 Å². The van der Waals surface area contributed by atoms with E-state index in [1.165, 1.54) is 24.4 Å². The van der Waals surface area contributed by atoms with Gasteiger partial charge in [0.1, 0.15) is 0 Å². The summed E-state index contributed by atoms with van der Waals surface area (Å²) in [4.78, 5) is 15.6. The lowest BCUT2D eigenvalue weighted by Crippen LogP contribution is -2.29. The number of nitrogens with two attached hydrogens (primary N) is 2. The molecule has 0 unspecified atom stereocenters. The van der Waals surface area contributed by atoms with Crippen molar-refractivity contribution < 1.29 is 22.9 Å². The lowest BCUT2D eigenvalue weighted by Gasteiger charge is -2.12. The Labute approximate surface area is 150 Å². The van der Waals surface area contributed by atoms with E-state index in [1.807, 2.05) is 0 Å². The molecule has 11 heteroatoms. The molecular weight excluding hydrogens is 359 g/mol. The van der Waals surface area contributed by atoms with Crippen molar-refractivity contribution in [3.63, 3.8) is 0 Å². The highest BCUT2D eigenvalue weighted by molar-refractivity contribution is 7.92. The minimum Gasteiger partial charge on any atom is -0.423 e. The van der Waals surface area contributed by atoms with Crippen LogP contribution in [0.25, 0.3) is 0 Å². The molecule has 2 heterocycles. The number of pyridine rings is 1. The van der Waals surface area contributed by atoms with Crippen molar-refractivity contribution in [1.82, 2.24) is 4.98 Å². The number of sulfonamides is 1. The van der Waals surface area contributed by atoms with Crippen LogP contribution in [-0.2, 0) is 27.7 Å². The van der Waals surface area contributed by atoms with Gasteiger partial charge in [-0.2, -0.15) is 8.42 Å². The van der Waals surface area contributed by atoms with Crippen LogP contribution >= 0.6 is 0 Å². The lowest BCUT2D eigenvalue weighted by atomic mass is 9.79. The number of aromatic nitrogens is 1. The molecule has 6 N–H and O–H groups in total. The maximum absolute atomic E-state index is 12.7. The average molecular weight is 376 g/mol. The average Bonchev–Trinajstić information content (AvgIpc) is 2.95. The lowest BCUT2D eigenvalue weighted by molar-refractivity contribution is 0.0996. The first-order chi connectivity index (χ1) is 12.3. The van der Waals surface area contributed by atoms with Gasteiger partial charge in [-0.05, 0) is 47.8 Å². The largest absolute Gasteiger partial charge is 0.491 e. The predicted molar refractivity (Wildman–Crippen MR) is 95.2 cm³/mol. The van der Waals surface area contributed by atoms with Gasteiger partial charge in [0.15, 0.2) is 5.03 Å². The topological polar surface area (TPSA) is 158 Å². The van der Waals surface area contributed by atoms with E-state index in [4.69, 9.17) is 16.1 Å². The number of hydrogen-bond donors (Lipinski definition) is 4. The van der Waals surface area contributed by atoms with Crippen LogP contribution in [-0.4, -0.2) is 38.0 Å². The van der Waals surface area contributed by atoms with Crippen molar-refractivity contribution in [2.45, 2.75) is 18.1 Å². The summed E-state index contributed by atoms with van der Waals surface area (Å²) in [6, 6.07) is 6.02. The summed E-state index contributed by atoms with van der Waals surface area (Å²) in [7, 11) is -5.28. The van der Waals surface area contributed by atoms with Crippen molar-refractivity contribution in [3.8, 4) is 0 Å². The molecule has 136 valence electrons. The van der Waals surface area contributed by atoms with E-state index in [1.54, 1.807) is 6.07 Å². The van der Waals surface area contributed by atoms with Crippen LogP contribution in [0.2, 0.25) is 0 Å². The minimum absolute atomic E-state index is 0.205. The maximum atomic E-state index is 12.7. The van der Waals surface area contributed by atoms with Crippen LogP contribution in [0, 0.1) is 0 Å². The van der Waals surface area contributed by atoms with Crippen LogP contribution in [0.1, 0.15) is 21.5 Å². The van der Waals surface area contributed by atoms with E-state index in [0.29, 0.717) is 24.0 Å². The van der Waals surface area contributed by atoms with Crippen LogP contribution < -0.4 is 21.7 Å². The molecule has 26 heavy (non-hydrogen) atoms. The summed E-state index contributed by atoms with van der Waals surface area (Å²) in [5, 5.41) is 9.27. The Morgan fingerprint density at radius 2 is 2.15 bits per heavy atom. The van der Waals surface area contributed by atoms with Crippen LogP contribution in [0.3, 0.4) is 0 Å². The van der Waals surface area contributed by atoms with Gasteiger partial charge in [0, 0.05) is 11.9 Å². The van der Waals surface area contributed by atoms with Crippen molar-refractivity contribution in [2.75, 3.05) is 11.3 Å². The van der Waals surface area contributed by atoms with Gasteiger partial charge in [-0.3, -0.25) is 9.52 Å². The Bertz CT molecular complexity index is 967. The zero-order valence-electron chi connectivity index (χ0n) is 13.7. The predicted octanol–water partition coefficient (Wildman–Crippen LogP) is -1.30. The second kappa shape index (κ2) is 7.04. The molecule has 0 saturated carbocycles. The highest BCUT2D eigenvalue weighted by atomic mass is 32.2. The van der Waals surface area contributed by atoms with Crippen LogP contribution in [0.15, 0.2) is 35.5 Å². The number of hydrogen-bond acceptors (Lipinski definition) is 7. The number of benzene rings is 1. The fraction of sp³-hybridized carbons (Fsp3) is 0.200. The van der Waals surface area contributed by atoms with E-state index in [-0.39, 0.29) is 17.9 Å². The van der Waals surface area contributed by atoms with Gasteiger partial charge >= 0.3 is 7.12 Å². The summed E-state index contributed by atoms with van der Waals surface area (Å²) >= 11 is 0. The quantitative estimate of drug-likeness (QED) is 0.456. The molecule has 0 atom stereocenters. The molecule has 1 amide bonds. The minimum atomic E-state index is -4.17. The Morgan fingerprint density at radius 3 is 2.85 bits per heavy atom. The Hall–Kier alpha value is -2.47. The number of amides is 1. The summed E-state index contributed by atoms with van der Waals surface area (Å²) in [6.07, 6.45) is 1.78. The van der Waals surface area contributed by atoms with Crippen LogP contribution in [0.4, 0.5) is 5.69 Å². The monoisotopic (exact) mass is 376 g/mol. The first kappa shape index (κ1) is 18.3. The third-order valence-electron chi connectivity index (χ3n) is 3.92. The van der Waals surface area contributed by atoms with E-state index < -0.39 is 28.1 Å². The molecular formula is C15H17BN4O5S. The number of nitrogens with one attached hydrogen (secondary N) is 1. The normalized spacial score (nSPS) is 13.5. The zero-order valence-corrected chi connectivity index (χ0v) is 14.5. The highest BCUT2D eigenvalue weighted by Gasteiger charge is 2.29. The van der Waals surface area contributed by atoms with Gasteiger partial charge in [-0.25, -0.2) is 4.98 Å². The molecule has 0 saturated heterocycles. The number of fused-ring (bicyclic) bond motifs is 1. The first-order valence-electron chi connectivity index (χ1n) is 7.76. The molecule has 3 rings (SSSR count). The molecule has 0 aliphatic carbocycles. The third kappa shape index (κ3) is 3.56. The molecule has 0 fully saturated rings. The smallest absolute Gasteiger partial charge is 0.423 e. The molecule has 1 aliphatic rings. The molecule has 0 bridgehead atoms. The fourth-order valence-corrected chi connectivity index (χ4v) is 3.85. The van der Waals surface area contributed by atoms with Crippen molar-refractivity contribution in [1.29, 1.82) is 0 Å². The number of nitrogens with zero attached hydrogens (tertiary/aromatic N) is 1. The second-order valence-corrected chi connectivity index (χ2v) is 7.38. The van der Waals surface area contributed by atoms with Crippen LogP contribution in [0.5, 0.6) is 0 Å². The SMILES string of the molecule is NCCc1cnc(S(=O)(=O)Nc2ccc3c(c2)B(O)OC3)c(C(N)=O)c1. The Kier molecular flexibility index (Phi) is 4.96. The Morgan fingerprint density at radius 1 is 1.38 bits per heavy atom. The van der Waals surface area contributed by atoms with Gasteiger partial charge in [0.2, 0.25) is 0 Å². The molecule has 1 aromatic heterocycles. The van der Waals surface area contributed by atoms with Crippen molar-refractivity contribution >= 4 is 34.2 Å². The maximum Gasteiger partial charge on any atom is 0.491 e. The number of primary amides is 1. The number of anilines is 1. The van der Waals surface area contributed by atoms with Gasteiger partial charge < -0.3 is 21.1 Å². The standard InChI is InChI=1S/C15H17BN4O5S/c17-4-3-9-5-12(14(18)21)15(19-7-9)26(23,24)20-11-2-1-10-8-25-16(22)13(10)6-11/h1-2,5-7,20,22H,3-4,8,17H2,(H2,18,21). The van der Waals surface area contributed by atoms with E-state index in [2.05, 4.69) is 9.71 Å². The number of rotatable bonds is 6. The summed E-state index contributed by atoms with van der Waals surface area (Å²) in [5.74, 6) is -0.908. The molecule has 1 aliphatic heterocycles. The van der Waals surface area contributed by atoms with Crippen molar-refractivity contribution in [3.05, 3.63) is 47.2 Å². The molecule has 0 radical (unpaired) electrons. The third-order valence-corrected chi connectivity index (χ3v) is 5.26. The number of carbonyl (C=O) groups is 1. The number of carbonyl (C=O) groups excluding carboxylic acids is 1. The van der Waals surface area contributed by atoms with E-state index >= 15 is 0 Å². The second-order valence-electron chi connectivity index (χ2n) is 5.78. The molecule has 1 aromatic carbocycles. The summed E-state index contributed by atoms with van der Waals surface area (Å²) in [5.41, 5.74) is 12.6. The molecule has 2 aromatic rings. The molecule has 0 spiro atoms. The van der Waals surface area contributed by atoms with Gasteiger partial charge in [0.05, 0.1) is 12.2 Å². The summed E-state index contributed by atoms with van der Waals surface area (Å²) < 4.78 is 32.8. The fourth-order valence-electron chi connectivity index (χ4n) is 2.67. The van der Waals surface area contributed by atoms with Crippen molar-refractivity contribution in [2.24, 2.45) is 11.5 Å². The Balaban J connectivity index is 1.96. The zero-order chi connectivity index (χ0) is 18.9. The van der Waals surface area contributed by atoms with Gasteiger partial charge in [0.25, 0.3) is 15.9 Å². The van der Waals surface area contributed by atoms with Gasteiger partial charge in [-0.15, -0.1) is 0 Å².